The number of amides is 2. The van der Waals surface area contributed by atoms with Crippen molar-refractivity contribution >= 4 is 11.7 Å². The first-order valence-electron chi connectivity index (χ1n) is 10.2. The van der Waals surface area contributed by atoms with Gasteiger partial charge < -0.3 is 15.4 Å². The van der Waals surface area contributed by atoms with Crippen LogP contribution >= 0.6 is 0 Å². The molecule has 1 fully saturated rings. The Bertz CT molecular complexity index is 753. The molecule has 1 aliphatic heterocycles. The molecule has 1 saturated heterocycles. The average Bonchev–Trinajstić information content (AvgIpc) is 2.69. The molecule has 2 aromatic rings. The number of nitrogens with one attached hydrogen (secondary N) is 2. The largest absolute Gasteiger partial charge is 0.494 e. The quantitative estimate of drug-likeness (QED) is 0.746. The lowest BCUT2D eigenvalue weighted by molar-refractivity contribution is 0.175. The maximum Gasteiger partial charge on any atom is 0.319 e. The van der Waals surface area contributed by atoms with Crippen LogP contribution in [0.4, 0.5) is 10.5 Å². The third-order valence-corrected chi connectivity index (χ3v) is 5.17. The van der Waals surface area contributed by atoms with Gasteiger partial charge in [-0.2, -0.15) is 0 Å². The normalized spacial score (nSPS) is 15.2. The Morgan fingerprint density at radius 3 is 2.57 bits per heavy atom. The molecule has 0 aromatic heterocycles. The first-order valence-corrected chi connectivity index (χ1v) is 10.2. The number of aryl methyl sites for hydroxylation is 1. The fraction of sp³-hybridized carbons (Fsp3) is 0.435. The Labute approximate surface area is 168 Å². The molecule has 0 spiro atoms. The Morgan fingerprint density at radius 1 is 1.14 bits per heavy atom. The highest BCUT2D eigenvalue weighted by Crippen LogP contribution is 2.19. The fourth-order valence-corrected chi connectivity index (χ4v) is 3.63. The van der Waals surface area contributed by atoms with Gasteiger partial charge in [-0.1, -0.05) is 29.8 Å². The molecule has 2 aromatic carbocycles. The van der Waals surface area contributed by atoms with E-state index in [2.05, 4.69) is 46.7 Å². The summed E-state index contributed by atoms with van der Waals surface area (Å²) in [5.74, 6) is 1.35. The van der Waals surface area contributed by atoms with E-state index in [4.69, 9.17) is 4.74 Å². The summed E-state index contributed by atoms with van der Waals surface area (Å²) in [4.78, 5) is 14.6. The van der Waals surface area contributed by atoms with Crippen LogP contribution in [0.25, 0.3) is 0 Å². The van der Waals surface area contributed by atoms with Crippen LogP contribution in [-0.2, 0) is 6.54 Å². The maximum absolute atomic E-state index is 12.1. The van der Waals surface area contributed by atoms with Gasteiger partial charge in [0.15, 0.2) is 0 Å². The molecule has 0 saturated carbocycles. The molecule has 5 nitrogen and oxygen atoms in total. The van der Waals surface area contributed by atoms with Gasteiger partial charge in [-0.15, -0.1) is 0 Å². The minimum atomic E-state index is -0.147. The van der Waals surface area contributed by atoms with E-state index in [9.17, 15) is 4.79 Å². The lowest BCUT2D eigenvalue weighted by Gasteiger charge is -2.32. The van der Waals surface area contributed by atoms with E-state index in [0.717, 1.165) is 50.5 Å². The predicted molar refractivity (Wildman–Crippen MR) is 114 cm³/mol. The van der Waals surface area contributed by atoms with Crippen LogP contribution in [0, 0.1) is 12.8 Å². The Kier molecular flexibility index (Phi) is 7.31. The van der Waals surface area contributed by atoms with Gasteiger partial charge >= 0.3 is 6.03 Å². The number of ether oxygens (including phenoxy) is 1. The van der Waals surface area contributed by atoms with E-state index in [0.29, 0.717) is 12.5 Å². The molecular weight excluding hydrogens is 350 g/mol. The zero-order chi connectivity index (χ0) is 19.8. The highest BCUT2D eigenvalue weighted by Gasteiger charge is 2.19. The molecule has 0 unspecified atom stereocenters. The number of hydrogen-bond donors (Lipinski definition) is 2. The van der Waals surface area contributed by atoms with Gasteiger partial charge in [0, 0.05) is 18.8 Å². The van der Waals surface area contributed by atoms with E-state index in [1.165, 1.54) is 11.1 Å². The summed E-state index contributed by atoms with van der Waals surface area (Å²) in [7, 11) is 0. The van der Waals surface area contributed by atoms with Crippen molar-refractivity contribution < 1.29 is 9.53 Å². The summed E-state index contributed by atoms with van der Waals surface area (Å²) in [5, 5.41) is 5.89. The number of hydrogen-bond acceptors (Lipinski definition) is 3. The van der Waals surface area contributed by atoms with Crippen LogP contribution in [0.1, 0.15) is 30.9 Å². The lowest BCUT2D eigenvalue weighted by atomic mass is 9.96. The number of benzene rings is 2. The van der Waals surface area contributed by atoms with Gasteiger partial charge in [0.2, 0.25) is 0 Å². The van der Waals surface area contributed by atoms with Gasteiger partial charge in [0.25, 0.3) is 0 Å². The minimum Gasteiger partial charge on any atom is -0.494 e. The molecule has 150 valence electrons. The highest BCUT2D eigenvalue weighted by molar-refractivity contribution is 5.89. The van der Waals surface area contributed by atoms with E-state index in [-0.39, 0.29) is 6.03 Å². The number of rotatable bonds is 7. The van der Waals surface area contributed by atoms with Crippen LogP contribution < -0.4 is 15.4 Å². The van der Waals surface area contributed by atoms with E-state index < -0.39 is 0 Å². The zero-order valence-electron chi connectivity index (χ0n) is 16.9. The summed E-state index contributed by atoms with van der Waals surface area (Å²) < 4.78 is 5.41. The number of carbonyl (C=O) groups excluding carboxylic acids is 1. The van der Waals surface area contributed by atoms with E-state index in [1.54, 1.807) is 0 Å². The molecule has 0 aliphatic carbocycles. The van der Waals surface area contributed by atoms with Crippen LogP contribution in [0.5, 0.6) is 5.75 Å². The minimum absolute atomic E-state index is 0.147. The number of anilines is 1. The van der Waals surface area contributed by atoms with Crippen molar-refractivity contribution in [2.45, 2.75) is 33.2 Å². The summed E-state index contributed by atoms with van der Waals surface area (Å²) >= 11 is 0. The molecule has 5 heteroatoms. The molecule has 1 aliphatic rings. The maximum atomic E-state index is 12.1. The number of likely N-dealkylation sites (tertiary alicyclic amines) is 1. The van der Waals surface area contributed by atoms with Gasteiger partial charge in [-0.3, -0.25) is 4.90 Å². The van der Waals surface area contributed by atoms with Gasteiger partial charge in [0.05, 0.1) is 6.61 Å². The molecule has 2 N–H and O–H groups in total. The molecule has 2 amide bonds. The number of carbonyl (C=O) groups is 1. The van der Waals surface area contributed by atoms with Crippen LogP contribution in [0.2, 0.25) is 0 Å². The molecule has 28 heavy (non-hydrogen) atoms. The van der Waals surface area contributed by atoms with Crippen molar-refractivity contribution in [3.05, 3.63) is 59.7 Å². The monoisotopic (exact) mass is 381 g/mol. The molecule has 1 heterocycles. The predicted octanol–water partition coefficient (Wildman–Crippen LogP) is 4.43. The van der Waals surface area contributed by atoms with Crippen molar-refractivity contribution in [2.75, 3.05) is 31.6 Å². The van der Waals surface area contributed by atoms with Crippen LogP contribution in [-0.4, -0.2) is 37.2 Å². The van der Waals surface area contributed by atoms with Crippen LogP contribution in [0.15, 0.2) is 48.5 Å². The first-order chi connectivity index (χ1) is 13.6. The second-order valence-corrected chi connectivity index (χ2v) is 7.50. The zero-order valence-corrected chi connectivity index (χ0v) is 16.9. The molecule has 0 radical (unpaired) electrons. The Hall–Kier alpha value is -2.53. The highest BCUT2D eigenvalue weighted by atomic mass is 16.5. The van der Waals surface area contributed by atoms with E-state index in [1.807, 2.05) is 31.2 Å². The number of urea groups is 1. The molecule has 0 bridgehead atoms. The Morgan fingerprint density at radius 2 is 1.89 bits per heavy atom. The average molecular weight is 382 g/mol. The second kappa shape index (κ2) is 10.1. The van der Waals surface area contributed by atoms with E-state index >= 15 is 0 Å². The Balaban J connectivity index is 1.36. The number of nitrogens with zero attached hydrogens (tertiary/aromatic N) is 1. The van der Waals surface area contributed by atoms with Gasteiger partial charge in [-0.05, 0) is 75.5 Å². The van der Waals surface area contributed by atoms with Gasteiger partial charge in [0.1, 0.15) is 5.75 Å². The third-order valence-electron chi connectivity index (χ3n) is 5.17. The van der Waals surface area contributed by atoms with Crippen molar-refractivity contribution in [1.82, 2.24) is 10.2 Å². The molecule has 3 rings (SSSR count). The molecule has 0 atom stereocenters. The molecular formula is C23H31N3O2. The first kappa shape index (κ1) is 20.2. The summed E-state index contributed by atoms with van der Waals surface area (Å²) in [6.07, 6.45) is 2.24. The number of piperidine rings is 1. The summed E-state index contributed by atoms with van der Waals surface area (Å²) in [6, 6.07) is 16.0. The van der Waals surface area contributed by atoms with Crippen molar-refractivity contribution in [1.29, 1.82) is 0 Å². The van der Waals surface area contributed by atoms with Crippen molar-refractivity contribution in [2.24, 2.45) is 5.92 Å². The summed E-state index contributed by atoms with van der Waals surface area (Å²) in [6.45, 7) is 8.63. The smallest absolute Gasteiger partial charge is 0.319 e. The van der Waals surface area contributed by atoms with Crippen LogP contribution in [0.3, 0.4) is 0 Å². The fourth-order valence-electron chi connectivity index (χ4n) is 3.63. The lowest BCUT2D eigenvalue weighted by Crippen LogP contribution is -2.39. The third kappa shape index (κ3) is 6.27. The second-order valence-electron chi connectivity index (χ2n) is 7.50. The van der Waals surface area contributed by atoms with Crippen molar-refractivity contribution in [3.8, 4) is 5.75 Å². The topological polar surface area (TPSA) is 53.6 Å². The SMILES string of the molecule is CCOc1ccc(NC(=O)NCC2CCN(Cc3cccc(C)c3)CC2)cc1. The standard InChI is InChI=1S/C23H31N3O2/c1-3-28-22-9-7-21(8-10-22)25-23(27)24-16-19-11-13-26(14-12-19)17-20-6-4-5-18(2)15-20/h4-10,15,19H,3,11-14,16-17H2,1-2H3,(H2,24,25,27). The van der Waals surface area contributed by atoms with Gasteiger partial charge in [-0.25, -0.2) is 4.79 Å². The summed E-state index contributed by atoms with van der Waals surface area (Å²) in [5.41, 5.74) is 3.47. The van der Waals surface area contributed by atoms with Crippen molar-refractivity contribution in [3.63, 3.8) is 0 Å².